The van der Waals surface area contributed by atoms with Crippen LogP contribution in [0, 0.1) is 0 Å². The maximum atomic E-state index is 2.79. The first-order valence-corrected chi connectivity index (χ1v) is 7.62. The van der Waals surface area contributed by atoms with Gasteiger partial charge in [-0.05, 0) is 38.8 Å². The highest BCUT2D eigenvalue weighted by Gasteiger charge is 2.20. The lowest BCUT2D eigenvalue weighted by Gasteiger charge is -2.36. The molecule has 96 valence electrons. The normalized spacial score (nSPS) is 22.5. The van der Waals surface area contributed by atoms with E-state index in [1.54, 1.807) is 0 Å². The van der Waals surface area contributed by atoms with Gasteiger partial charge in [-0.1, -0.05) is 52.4 Å². The Bertz CT molecular complexity index is 138. The van der Waals surface area contributed by atoms with Crippen LogP contribution in [0.2, 0.25) is 0 Å². The highest BCUT2D eigenvalue weighted by atomic mass is 15.2. The molecule has 0 aromatic rings. The molecule has 1 saturated heterocycles. The summed E-state index contributed by atoms with van der Waals surface area (Å²) in [7, 11) is 0. The highest BCUT2D eigenvalue weighted by Crippen LogP contribution is 2.22. The summed E-state index contributed by atoms with van der Waals surface area (Å²) >= 11 is 0. The molecule has 1 rings (SSSR count). The second-order valence-electron chi connectivity index (χ2n) is 5.39. The largest absolute Gasteiger partial charge is 0.300 e. The van der Waals surface area contributed by atoms with Gasteiger partial charge >= 0.3 is 0 Å². The van der Waals surface area contributed by atoms with E-state index < -0.39 is 0 Å². The van der Waals surface area contributed by atoms with E-state index >= 15 is 0 Å². The van der Waals surface area contributed by atoms with Gasteiger partial charge in [0.05, 0.1) is 0 Å². The van der Waals surface area contributed by atoms with Gasteiger partial charge < -0.3 is 4.90 Å². The molecule has 0 saturated carbocycles. The lowest BCUT2D eigenvalue weighted by Crippen LogP contribution is -2.40. The van der Waals surface area contributed by atoms with E-state index in [4.69, 9.17) is 0 Å². The summed E-state index contributed by atoms with van der Waals surface area (Å²) in [4.78, 5) is 2.79. The number of hydrogen-bond acceptors (Lipinski definition) is 1. The Morgan fingerprint density at radius 3 is 2.44 bits per heavy atom. The topological polar surface area (TPSA) is 3.24 Å². The van der Waals surface area contributed by atoms with Gasteiger partial charge in [-0.25, -0.2) is 0 Å². The summed E-state index contributed by atoms with van der Waals surface area (Å²) in [6.07, 6.45) is 14.3. The molecule has 1 nitrogen and oxygen atoms in total. The van der Waals surface area contributed by atoms with Crippen LogP contribution in [0.1, 0.15) is 78.1 Å². The van der Waals surface area contributed by atoms with E-state index in [0.29, 0.717) is 0 Å². The van der Waals surface area contributed by atoms with E-state index in [2.05, 4.69) is 18.7 Å². The summed E-state index contributed by atoms with van der Waals surface area (Å²) in [5.74, 6) is 0. The average molecular weight is 225 g/mol. The van der Waals surface area contributed by atoms with Crippen LogP contribution in [0.15, 0.2) is 0 Å². The number of hydrogen-bond donors (Lipinski definition) is 0. The molecule has 1 atom stereocenters. The fraction of sp³-hybridized carbons (Fsp3) is 1.00. The molecule has 1 heterocycles. The van der Waals surface area contributed by atoms with Crippen LogP contribution >= 0.6 is 0 Å². The van der Waals surface area contributed by atoms with Gasteiger partial charge in [0, 0.05) is 6.04 Å². The molecule has 0 amide bonds. The van der Waals surface area contributed by atoms with Gasteiger partial charge in [0.1, 0.15) is 0 Å². The Morgan fingerprint density at radius 1 is 0.938 bits per heavy atom. The van der Waals surface area contributed by atoms with Crippen molar-refractivity contribution >= 4 is 0 Å². The van der Waals surface area contributed by atoms with Gasteiger partial charge in [-0.3, -0.25) is 0 Å². The van der Waals surface area contributed by atoms with Crippen LogP contribution < -0.4 is 0 Å². The molecule has 16 heavy (non-hydrogen) atoms. The highest BCUT2D eigenvalue weighted by molar-refractivity contribution is 4.76. The van der Waals surface area contributed by atoms with Crippen molar-refractivity contribution in [1.82, 2.24) is 4.90 Å². The average Bonchev–Trinajstić information content (AvgIpc) is 2.32. The van der Waals surface area contributed by atoms with E-state index in [9.17, 15) is 0 Å². The van der Waals surface area contributed by atoms with Gasteiger partial charge in [0.25, 0.3) is 0 Å². The Labute approximate surface area is 103 Å². The van der Waals surface area contributed by atoms with Crippen molar-refractivity contribution in [1.29, 1.82) is 0 Å². The summed E-state index contributed by atoms with van der Waals surface area (Å²) in [6.45, 7) is 7.35. The Morgan fingerprint density at radius 2 is 1.69 bits per heavy atom. The van der Waals surface area contributed by atoms with Gasteiger partial charge in [-0.15, -0.1) is 0 Å². The second-order valence-corrected chi connectivity index (χ2v) is 5.39. The van der Waals surface area contributed by atoms with Crippen molar-refractivity contribution in [3.05, 3.63) is 0 Å². The predicted molar refractivity (Wildman–Crippen MR) is 72.9 cm³/mol. The van der Waals surface area contributed by atoms with Crippen molar-refractivity contribution in [3.63, 3.8) is 0 Å². The van der Waals surface area contributed by atoms with Crippen LogP contribution in [0.4, 0.5) is 0 Å². The van der Waals surface area contributed by atoms with Crippen molar-refractivity contribution in [2.24, 2.45) is 0 Å². The third-order valence-corrected chi connectivity index (χ3v) is 3.94. The quantitative estimate of drug-likeness (QED) is 0.545. The van der Waals surface area contributed by atoms with E-state index in [1.165, 1.54) is 77.3 Å². The number of unbranched alkanes of at least 4 members (excludes halogenated alkanes) is 4. The fourth-order valence-corrected chi connectivity index (χ4v) is 2.88. The molecular formula is C15H31N. The SMILES string of the molecule is CCCCCC1CCCCN1CCCCC. The third-order valence-electron chi connectivity index (χ3n) is 3.94. The zero-order chi connectivity index (χ0) is 11.6. The second kappa shape index (κ2) is 9.04. The van der Waals surface area contributed by atoms with Crippen LogP contribution in [0.25, 0.3) is 0 Å². The zero-order valence-electron chi connectivity index (χ0n) is 11.5. The van der Waals surface area contributed by atoms with Gasteiger partial charge in [0.15, 0.2) is 0 Å². The Kier molecular flexibility index (Phi) is 7.92. The molecule has 1 aliphatic rings. The van der Waals surface area contributed by atoms with Gasteiger partial charge in [-0.2, -0.15) is 0 Å². The molecule has 1 aliphatic heterocycles. The summed E-state index contributed by atoms with van der Waals surface area (Å²) in [5, 5.41) is 0. The van der Waals surface area contributed by atoms with Crippen molar-refractivity contribution in [3.8, 4) is 0 Å². The molecule has 0 aromatic heterocycles. The monoisotopic (exact) mass is 225 g/mol. The fourth-order valence-electron chi connectivity index (χ4n) is 2.88. The Balaban J connectivity index is 2.20. The molecular weight excluding hydrogens is 194 g/mol. The molecule has 1 heteroatoms. The minimum atomic E-state index is 0.928. The van der Waals surface area contributed by atoms with Crippen molar-refractivity contribution in [2.45, 2.75) is 84.1 Å². The van der Waals surface area contributed by atoms with Crippen LogP contribution in [0.3, 0.4) is 0 Å². The minimum Gasteiger partial charge on any atom is -0.300 e. The smallest absolute Gasteiger partial charge is 0.00952 e. The van der Waals surface area contributed by atoms with Crippen LogP contribution in [-0.2, 0) is 0 Å². The van der Waals surface area contributed by atoms with E-state index in [1.807, 2.05) is 0 Å². The Hall–Kier alpha value is -0.0400. The van der Waals surface area contributed by atoms with E-state index in [-0.39, 0.29) is 0 Å². The molecule has 1 unspecified atom stereocenters. The first-order chi connectivity index (χ1) is 7.88. The third kappa shape index (κ3) is 5.34. The lowest BCUT2D eigenvalue weighted by atomic mass is 9.96. The van der Waals surface area contributed by atoms with Crippen molar-refractivity contribution in [2.75, 3.05) is 13.1 Å². The summed E-state index contributed by atoms with van der Waals surface area (Å²) in [5.41, 5.74) is 0. The number of rotatable bonds is 8. The van der Waals surface area contributed by atoms with E-state index in [0.717, 1.165) is 6.04 Å². The molecule has 0 aliphatic carbocycles. The predicted octanol–water partition coefficient (Wildman–Crippen LogP) is 4.61. The lowest BCUT2D eigenvalue weighted by molar-refractivity contribution is 0.135. The maximum absolute atomic E-state index is 2.79. The first kappa shape index (κ1) is 14.0. The maximum Gasteiger partial charge on any atom is 0.00952 e. The summed E-state index contributed by atoms with van der Waals surface area (Å²) in [6, 6.07) is 0.928. The molecule has 0 spiro atoms. The molecule has 0 N–H and O–H groups in total. The minimum absolute atomic E-state index is 0.928. The molecule has 0 radical (unpaired) electrons. The molecule has 0 bridgehead atoms. The number of likely N-dealkylation sites (tertiary alicyclic amines) is 1. The van der Waals surface area contributed by atoms with Crippen LogP contribution in [-0.4, -0.2) is 24.0 Å². The standard InChI is InChI=1S/C15H31N/c1-3-5-7-11-15-12-8-10-14-16(15)13-9-6-4-2/h15H,3-14H2,1-2H3. The summed E-state index contributed by atoms with van der Waals surface area (Å²) < 4.78 is 0. The van der Waals surface area contributed by atoms with Crippen LogP contribution in [0.5, 0.6) is 0 Å². The molecule has 1 fully saturated rings. The molecule has 0 aromatic carbocycles. The number of piperidine rings is 1. The first-order valence-electron chi connectivity index (χ1n) is 7.62. The van der Waals surface area contributed by atoms with Crippen molar-refractivity contribution < 1.29 is 0 Å². The zero-order valence-corrected chi connectivity index (χ0v) is 11.5. The number of nitrogens with zero attached hydrogens (tertiary/aromatic N) is 1. The van der Waals surface area contributed by atoms with Gasteiger partial charge in [0.2, 0.25) is 0 Å².